The van der Waals surface area contributed by atoms with Crippen LogP contribution in [-0.4, -0.2) is 3.79 Å². The van der Waals surface area contributed by atoms with E-state index in [-0.39, 0.29) is 0 Å². The fourth-order valence-electron chi connectivity index (χ4n) is 0.459. The van der Waals surface area contributed by atoms with Crippen molar-refractivity contribution in [1.29, 1.82) is 0 Å². The smallest absolute Gasteiger partial charge is 0.230 e. The van der Waals surface area contributed by atoms with Crippen LogP contribution in [0.4, 0.5) is 0 Å². The summed E-state index contributed by atoms with van der Waals surface area (Å²) in [6.45, 7) is 0. The normalized spacial score (nSPS) is 18.1. The van der Waals surface area contributed by atoms with Gasteiger partial charge < -0.3 is 4.72 Å². The molecule has 0 saturated carbocycles. The van der Waals surface area contributed by atoms with Crippen LogP contribution in [0.1, 0.15) is 0 Å². The summed E-state index contributed by atoms with van der Waals surface area (Å²) in [5.74, 6) is 0. The number of rotatable bonds is 0. The summed E-state index contributed by atoms with van der Waals surface area (Å²) in [5, 5.41) is 1.86. The van der Waals surface area contributed by atoms with Gasteiger partial charge in [0.1, 0.15) is 0 Å². The highest BCUT2D eigenvalue weighted by Crippen LogP contribution is 2.35. The molecule has 0 aromatic rings. The molecule has 0 bridgehead atoms. The molecule has 5 heteroatoms. The van der Waals surface area contributed by atoms with Gasteiger partial charge in [0.2, 0.25) is 3.79 Å². The first-order valence-electron chi connectivity index (χ1n) is 2.46. The number of alkyl halides is 3. The summed E-state index contributed by atoms with van der Waals surface area (Å²) in [5.41, 5.74) is 0.588. The summed E-state index contributed by atoms with van der Waals surface area (Å²) >= 11 is 18.1. The molecule has 10 heavy (non-hydrogen) atoms. The zero-order chi connectivity index (χ0) is 7.61. The number of allylic oxidation sites excluding steroid dienone is 3. The van der Waals surface area contributed by atoms with Crippen molar-refractivity contribution in [2.75, 3.05) is 0 Å². The Morgan fingerprint density at radius 2 is 2.10 bits per heavy atom. The van der Waals surface area contributed by atoms with E-state index in [0.29, 0.717) is 5.70 Å². The first kappa shape index (κ1) is 8.60. The largest absolute Gasteiger partial charge is 0.326 e. The van der Waals surface area contributed by atoms with Crippen LogP contribution in [0.5, 0.6) is 0 Å². The average molecular weight is 217 g/mol. The van der Waals surface area contributed by atoms with Crippen molar-refractivity contribution >= 4 is 46.8 Å². The van der Waals surface area contributed by atoms with Gasteiger partial charge in [-0.1, -0.05) is 40.9 Å². The van der Waals surface area contributed by atoms with Gasteiger partial charge in [-0.25, -0.2) is 0 Å². The first-order chi connectivity index (χ1) is 4.61. The predicted octanol–water partition coefficient (Wildman–Crippen LogP) is 3.01. The standard InChI is InChI=1S/C5H4Cl3NS/c6-5(7,8)4-2-1-3-10-9-4/h1-3,9H. The molecule has 0 unspecified atom stereocenters. The lowest BCUT2D eigenvalue weighted by molar-refractivity contribution is 1.11. The van der Waals surface area contributed by atoms with Crippen LogP contribution in [-0.2, 0) is 0 Å². The zero-order valence-electron chi connectivity index (χ0n) is 4.77. The Morgan fingerprint density at radius 1 is 1.40 bits per heavy atom. The first-order valence-corrected chi connectivity index (χ1v) is 4.48. The maximum atomic E-state index is 5.56. The van der Waals surface area contributed by atoms with Crippen LogP contribution >= 0.6 is 46.8 Å². The second-order valence-electron chi connectivity index (χ2n) is 1.63. The third-order valence-electron chi connectivity index (χ3n) is 0.884. The van der Waals surface area contributed by atoms with Crippen LogP contribution < -0.4 is 4.72 Å². The average Bonchev–Trinajstić information content (AvgIpc) is 1.88. The molecule has 1 N–H and O–H groups in total. The highest BCUT2D eigenvalue weighted by Gasteiger charge is 2.25. The maximum absolute atomic E-state index is 5.56. The van der Waals surface area contributed by atoms with Crippen LogP contribution in [0.15, 0.2) is 23.3 Å². The molecule has 56 valence electrons. The van der Waals surface area contributed by atoms with Crippen LogP contribution in [0, 0.1) is 0 Å². The molecule has 0 radical (unpaired) electrons. The molecule has 1 nitrogen and oxygen atoms in total. The van der Waals surface area contributed by atoms with Gasteiger partial charge in [-0.05, 0) is 23.4 Å². The van der Waals surface area contributed by atoms with Gasteiger partial charge in [0.15, 0.2) is 0 Å². The fourth-order valence-corrected chi connectivity index (χ4v) is 1.53. The molecule has 1 heterocycles. The summed E-state index contributed by atoms with van der Waals surface area (Å²) in [6.07, 6.45) is 3.54. The monoisotopic (exact) mass is 215 g/mol. The van der Waals surface area contributed by atoms with Crippen LogP contribution in [0.2, 0.25) is 0 Å². The van der Waals surface area contributed by atoms with Crippen molar-refractivity contribution in [2.24, 2.45) is 0 Å². The molecule has 0 amide bonds. The van der Waals surface area contributed by atoms with E-state index >= 15 is 0 Å². The molecule has 0 spiro atoms. The molecular formula is C5H4Cl3NS. The third kappa shape index (κ3) is 2.27. The molecule has 0 fully saturated rings. The Hall–Kier alpha value is 0.500. The van der Waals surface area contributed by atoms with Gasteiger partial charge in [0.25, 0.3) is 0 Å². The Morgan fingerprint density at radius 3 is 2.40 bits per heavy atom. The fraction of sp³-hybridized carbons (Fsp3) is 0.200. The van der Waals surface area contributed by atoms with Crippen molar-refractivity contribution in [2.45, 2.75) is 3.79 Å². The van der Waals surface area contributed by atoms with Gasteiger partial charge in [-0.15, -0.1) is 0 Å². The Bertz CT molecular complexity index is 182. The molecule has 1 aliphatic rings. The molecule has 0 atom stereocenters. The van der Waals surface area contributed by atoms with Crippen molar-refractivity contribution in [3.8, 4) is 0 Å². The van der Waals surface area contributed by atoms with Crippen molar-refractivity contribution in [3.63, 3.8) is 0 Å². The van der Waals surface area contributed by atoms with Crippen LogP contribution in [0.25, 0.3) is 0 Å². The second kappa shape index (κ2) is 3.26. The lowest BCUT2D eigenvalue weighted by Crippen LogP contribution is -2.18. The molecule has 0 saturated heterocycles. The SMILES string of the molecule is ClC(Cl)(Cl)C1=CC=CSN1. The molecule has 1 aliphatic heterocycles. The van der Waals surface area contributed by atoms with Gasteiger partial charge in [-0.3, -0.25) is 0 Å². The van der Waals surface area contributed by atoms with E-state index in [2.05, 4.69) is 4.72 Å². The molecule has 0 aliphatic carbocycles. The van der Waals surface area contributed by atoms with Gasteiger partial charge in [0, 0.05) is 0 Å². The zero-order valence-corrected chi connectivity index (χ0v) is 7.86. The topological polar surface area (TPSA) is 12.0 Å². The summed E-state index contributed by atoms with van der Waals surface area (Å²) in [4.78, 5) is 0. The van der Waals surface area contributed by atoms with E-state index in [9.17, 15) is 0 Å². The molecule has 0 aromatic heterocycles. The second-order valence-corrected chi connectivity index (χ2v) is 4.62. The highest BCUT2D eigenvalue weighted by atomic mass is 35.6. The van der Waals surface area contributed by atoms with Crippen molar-refractivity contribution < 1.29 is 0 Å². The van der Waals surface area contributed by atoms with Crippen molar-refractivity contribution in [3.05, 3.63) is 23.3 Å². The van der Waals surface area contributed by atoms with Gasteiger partial charge in [-0.2, -0.15) is 0 Å². The summed E-state index contributed by atoms with van der Waals surface area (Å²) in [6, 6.07) is 0. The highest BCUT2D eigenvalue weighted by molar-refractivity contribution is 8.00. The molecule has 0 aromatic carbocycles. The van der Waals surface area contributed by atoms with Crippen molar-refractivity contribution in [1.82, 2.24) is 4.72 Å². The molecule has 1 rings (SSSR count). The van der Waals surface area contributed by atoms with E-state index in [1.165, 1.54) is 11.9 Å². The summed E-state index contributed by atoms with van der Waals surface area (Å²) in [7, 11) is 0. The minimum absolute atomic E-state index is 0.588. The van der Waals surface area contributed by atoms with Gasteiger partial charge >= 0.3 is 0 Å². The lowest BCUT2D eigenvalue weighted by Gasteiger charge is -2.17. The number of hydrogen-bond acceptors (Lipinski definition) is 2. The van der Waals surface area contributed by atoms with E-state index in [0.717, 1.165) is 0 Å². The molecular weight excluding hydrogens is 212 g/mol. The van der Waals surface area contributed by atoms with E-state index in [4.69, 9.17) is 34.8 Å². The quantitative estimate of drug-likeness (QED) is 0.493. The Balaban J connectivity index is 2.72. The Labute approximate surface area is 78.5 Å². The minimum Gasteiger partial charge on any atom is -0.326 e. The van der Waals surface area contributed by atoms with Gasteiger partial charge in [0.05, 0.1) is 5.70 Å². The maximum Gasteiger partial charge on any atom is 0.230 e. The number of nitrogens with one attached hydrogen (secondary N) is 1. The van der Waals surface area contributed by atoms with Crippen LogP contribution in [0.3, 0.4) is 0 Å². The number of hydrogen-bond donors (Lipinski definition) is 1. The van der Waals surface area contributed by atoms with E-state index in [1.807, 2.05) is 11.5 Å². The lowest BCUT2D eigenvalue weighted by atomic mass is 10.4. The summed E-state index contributed by atoms with van der Waals surface area (Å²) < 4.78 is 1.52. The number of halogens is 3. The third-order valence-corrected chi connectivity index (χ3v) is 2.13. The Kier molecular flexibility index (Phi) is 2.81. The minimum atomic E-state index is -1.34. The predicted molar refractivity (Wildman–Crippen MR) is 48.2 cm³/mol. The van der Waals surface area contributed by atoms with E-state index in [1.54, 1.807) is 6.08 Å². The van der Waals surface area contributed by atoms with E-state index < -0.39 is 3.79 Å².